The van der Waals surface area contributed by atoms with Crippen molar-refractivity contribution in [3.63, 3.8) is 0 Å². The summed E-state index contributed by atoms with van der Waals surface area (Å²) < 4.78 is 17.8. The molecule has 82 valence electrons. The third-order valence-corrected chi connectivity index (χ3v) is 2.47. The molecule has 1 atom stereocenters. The van der Waals surface area contributed by atoms with E-state index in [0.717, 1.165) is 0 Å². The lowest BCUT2D eigenvalue weighted by atomic mass is 10.1. The molecule has 1 aliphatic rings. The Labute approximate surface area is 87.9 Å². The van der Waals surface area contributed by atoms with Crippen LogP contribution in [0.2, 0.25) is 0 Å². The Hall–Kier alpha value is -0.970. The number of aliphatic hydroxyl groups excluding tert-OH is 1. The van der Waals surface area contributed by atoms with Crippen molar-refractivity contribution in [2.45, 2.75) is 12.1 Å². The zero-order valence-corrected chi connectivity index (χ0v) is 8.32. The molecule has 15 heavy (non-hydrogen) atoms. The van der Waals surface area contributed by atoms with Crippen LogP contribution in [0.15, 0.2) is 24.3 Å². The van der Waals surface area contributed by atoms with Crippen LogP contribution in [-0.4, -0.2) is 30.9 Å². The molecule has 2 rings (SSSR count). The second-order valence-corrected chi connectivity index (χ2v) is 3.71. The van der Waals surface area contributed by atoms with Crippen molar-refractivity contribution in [1.82, 2.24) is 5.32 Å². The molecule has 1 aromatic rings. The number of halogens is 1. The van der Waals surface area contributed by atoms with Crippen LogP contribution in [-0.2, 0) is 4.74 Å². The summed E-state index contributed by atoms with van der Waals surface area (Å²) in [4.78, 5) is 0. The Balaban J connectivity index is 1.86. The Morgan fingerprint density at radius 2 is 2.33 bits per heavy atom. The maximum atomic E-state index is 12.9. The van der Waals surface area contributed by atoms with Gasteiger partial charge in [-0.3, -0.25) is 0 Å². The largest absolute Gasteiger partial charge is 0.387 e. The molecule has 0 bridgehead atoms. The SMILES string of the molecule is OC(CNC1COC1)c1cccc(F)c1. The molecule has 1 saturated heterocycles. The van der Waals surface area contributed by atoms with Gasteiger partial charge in [-0.25, -0.2) is 4.39 Å². The van der Waals surface area contributed by atoms with Crippen molar-refractivity contribution in [2.75, 3.05) is 19.8 Å². The van der Waals surface area contributed by atoms with Gasteiger partial charge in [0.25, 0.3) is 0 Å². The zero-order valence-electron chi connectivity index (χ0n) is 8.32. The van der Waals surface area contributed by atoms with Gasteiger partial charge in [0, 0.05) is 6.54 Å². The van der Waals surface area contributed by atoms with E-state index in [9.17, 15) is 9.50 Å². The first-order valence-corrected chi connectivity index (χ1v) is 5.00. The molecule has 0 spiro atoms. The van der Waals surface area contributed by atoms with Gasteiger partial charge in [0.1, 0.15) is 5.82 Å². The highest BCUT2D eigenvalue weighted by Gasteiger charge is 2.19. The fourth-order valence-electron chi connectivity index (χ4n) is 1.46. The van der Waals surface area contributed by atoms with Crippen LogP contribution in [0, 0.1) is 5.82 Å². The second kappa shape index (κ2) is 4.70. The Kier molecular flexibility index (Phi) is 3.30. The molecule has 0 saturated carbocycles. The minimum absolute atomic E-state index is 0.321. The molecule has 1 unspecified atom stereocenters. The lowest BCUT2D eigenvalue weighted by Crippen LogP contribution is -2.47. The van der Waals surface area contributed by atoms with Crippen molar-refractivity contribution in [1.29, 1.82) is 0 Å². The van der Waals surface area contributed by atoms with Crippen LogP contribution < -0.4 is 5.32 Å². The molecular weight excluding hydrogens is 197 g/mol. The van der Waals surface area contributed by atoms with Gasteiger partial charge in [0.05, 0.1) is 25.4 Å². The highest BCUT2D eigenvalue weighted by atomic mass is 19.1. The molecule has 0 amide bonds. The predicted molar refractivity (Wildman–Crippen MR) is 54.0 cm³/mol. The van der Waals surface area contributed by atoms with E-state index in [0.29, 0.717) is 31.4 Å². The summed E-state index contributed by atoms with van der Waals surface area (Å²) in [5.41, 5.74) is 0.600. The van der Waals surface area contributed by atoms with Gasteiger partial charge in [0.2, 0.25) is 0 Å². The lowest BCUT2D eigenvalue weighted by molar-refractivity contribution is -0.00982. The van der Waals surface area contributed by atoms with E-state index in [4.69, 9.17) is 4.74 Å². The fraction of sp³-hybridized carbons (Fsp3) is 0.455. The minimum atomic E-state index is -0.665. The molecule has 1 aromatic carbocycles. The van der Waals surface area contributed by atoms with E-state index in [-0.39, 0.29) is 5.82 Å². The fourth-order valence-corrected chi connectivity index (χ4v) is 1.46. The van der Waals surface area contributed by atoms with Crippen LogP contribution >= 0.6 is 0 Å². The smallest absolute Gasteiger partial charge is 0.123 e. The Bertz CT molecular complexity index is 328. The normalized spacial score (nSPS) is 18.5. The number of nitrogens with one attached hydrogen (secondary N) is 1. The first kappa shape index (κ1) is 10.5. The van der Waals surface area contributed by atoms with E-state index in [2.05, 4.69) is 5.32 Å². The minimum Gasteiger partial charge on any atom is -0.387 e. The molecule has 0 radical (unpaired) electrons. The van der Waals surface area contributed by atoms with Crippen molar-refractivity contribution in [3.8, 4) is 0 Å². The van der Waals surface area contributed by atoms with Gasteiger partial charge in [0.15, 0.2) is 0 Å². The van der Waals surface area contributed by atoms with Gasteiger partial charge >= 0.3 is 0 Å². The van der Waals surface area contributed by atoms with Gasteiger partial charge in [-0.15, -0.1) is 0 Å². The summed E-state index contributed by atoms with van der Waals surface area (Å²) in [6, 6.07) is 6.35. The predicted octanol–water partition coefficient (Wildman–Crippen LogP) is 0.847. The maximum absolute atomic E-state index is 12.9. The average molecular weight is 211 g/mol. The molecule has 4 heteroatoms. The number of hydrogen-bond acceptors (Lipinski definition) is 3. The third-order valence-electron chi connectivity index (χ3n) is 2.47. The molecular formula is C11H14FNO2. The summed E-state index contributed by atoms with van der Waals surface area (Å²) in [5, 5.41) is 12.9. The number of ether oxygens (including phenoxy) is 1. The molecule has 1 fully saturated rings. The van der Waals surface area contributed by atoms with Crippen molar-refractivity contribution >= 4 is 0 Å². The van der Waals surface area contributed by atoms with Gasteiger partial charge < -0.3 is 15.2 Å². The van der Waals surface area contributed by atoms with Crippen LogP contribution in [0.25, 0.3) is 0 Å². The highest BCUT2D eigenvalue weighted by Crippen LogP contribution is 2.13. The Morgan fingerprint density at radius 1 is 1.53 bits per heavy atom. The monoisotopic (exact) mass is 211 g/mol. The second-order valence-electron chi connectivity index (χ2n) is 3.71. The summed E-state index contributed by atoms with van der Waals surface area (Å²) in [7, 11) is 0. The summed E-state index contributed by atoms with van der Waals surface area (Å²) >= 11 is 0. The summed E-state index contributed by atoms with van der Waals surface area (Å²) in [6.45, 7) is 1.81. The molecule has 0 aromatic heterocycles. The van der Waals surface area contributed by atoms with Crippen LogP contribution in [0.1, 0.15) is 11.7 Å². The van der Waals surface area contributed by atoms with Crippen molar-refractivity contribution < 1.29 is 14.2 Å². The Morgan fingerprint density at radius 3 is 2.93 bits per heavy atom. The molecule has 2 N–H and O–H groups in total. The topological polar surface area (TPSA) is 41.5 Å². The number of hydrogen-bond donors (Lipinski definition) is 2. The van der Waals surface area contributed by atoms with Gasteiger partial charge in [-0.2, -0.15) is 0 Å². The quantitative estimate of drug-likeness (QED) is 0.775. The third kappa shape index (κ3) is 2.75. The van der Waals surface area contributed by atoms with Crippen LogP contribution in [0.3, 0.4) is 0 Å². The summed E-state index contributed by atoms with van der Waals surface area (Å²) in [5.74, 6) is -0.321. The molecule has 0 aliphatic carbocycles. The van der Waals surface area contributed by atoms with Crippen molar-refractivity contribution in [3.05, 3.63) is 35.6 Å². The van der Waals surface area contributed by atoms with E-state index in [1.165, 1.54) is 12.1 Å². The van der Waals surface area contributed by atoms with Gasteiger partial charge in [-0.1, -0.05) is 12.1 Å². The van der Waals surface area contributed by atoms with E-state index in [1.807, 2.05) is 0 Å². The van der Waals surface area contributed by atoms with Gasteiger partial charge in [-0.05, 0) is 17.7 Å². The standard InChI is InChI=1S/C11H14FNO2/c12-9-3-1-2-8(4-9)11(14)5-13-10-6-15-7-10/h1-4,10-11,13-14H,5-7H2. The molecule has 1 heterocycles. The molecule has 1 aliphatic heterocycles. The average Bonchev–Trinajstić information content (AvgIpc) is 2.15. The summed E-state index contributed by atoms with van der Waals surface area (Å²) in [6.07, 6.45) is -0.665. The van der Waals surface area contributed by atoms with Crippen molar-refractivity contribution in [2.24, 2.45) is 0 Å². The van der Waals surface area contributed by atoms with Crippen LogP contribution in [0.4, 0.5) is 4.39 Å². The first-order valence-electron chi connectivity index (χ1n) is 5.00. The number of aliphatic hydroxyl groups is 1. The highest BCUT2D eigenvalue weighted by molar-refractivity contribution is 5.19. The lowest BCUT2D eigenvalue weighted by Gasteiger charge is -2.28. The first-order chi connectivity index (χ1) is 7.25. The zero-order chi connectivity index (χ0) is 10.7. The van der Waals surface area contributed by atoms with E-state index >= 15 is 0 Å². The maximum Gasteiger partial charge on any atom is 0.123 e. The number of benzene rings is 1. The van der Waals surface area contributed by atoms with Crippen LogP contribution in [0.5, 0.6) is 0 Å². The van der Waals surface area contributed by atoms with E-state index in [1.54, 1.807) is 12.1 Å². The van der Waals surface area contributed by atoms with E-state index < -0.39 is 6.10 Å². The number of rotatable bonds is 4. The molecule has 3 nitrogen and oxygen atoms in total.